The molecule has 0 saturated heterocycles. The number of aryl methyl sites for hydroxylation is 1. The Morgan fingerprint density at radius 1 is 1.04 bits per heavy atom. The third-order valence-electron chi connectivity index (χ3n) is 4.71. The Kier molecular flexibility index (Phi) is 4.81. The molecular formula is C23H21N3O2. The molecule has 1 heterocycles. The van der Waals surface area contributed by atoms with E-state index in [9.17, 15) is 4.79 Å². The highest BCUT2D eigenvalue weighted by Crippen LogP contribution is 2.25. The Morgan fingerprint density at radius 3 is 2.57 bits per heavy atom. The molecule has 1 amide bonds. The van der Waals surface area contributed by atoms with Gasteiger partial charge >= 0.3 is 0 Å². The number of nitrogens with one attached hydrogen (secondary N) is 1. The normalized spacial score (nSPS) is 10.8. The van der Waals surface area contributed by atoms with E-state index in [1.807, 2.05) is 73.8 Å². The fourth-order valence-electron chi connectivity index (χ4n) is 3.28. The van der Waals surface area contributed by atoms with E-state index in [2.05, 4.69) is 16.0 Å². The van der Waals surface area contributed by atoms with Crippen molar-refractivity contribution in [3.8, 4) is 17.1 Å². The maximum Gasteiger partial charge on any atom is 0.228 e. The van der Waals surface area contributed by atoms with Crippen LogP contribution in [-0.2, 0) is 18.3 Å². The van der Waals surface area contributed by atoms with Crippen LogP contribution in [0.5, 0.6) is 5.75 Å². The number of amides is 1. The molecule has 140 valence electrons. The van der Waals surface area contributed by atoms with Crippen LogP contribution in [0.4, 0.5) is 5.69 Å². The highest BCUT2D eigenvalue weighted by atomic mass is 16.5. The van der Waals surface area contributed by atoms with Crippen LogP contribution >= 0.6 is 0 Å². The fraction of sp³-hybridized carbons (Fsp3) is 0.130. The number of methoxy groups -OCH3 is 1. The van der Waals surface area contributed by atoms with Gasteiger partial charge in [-0.2, -0.15) is 0 Å². The second-order valence-electron chi connectivity index (χ2n) is 6.64. The number of aromatic nitrogens is 2. The lowest BCUT2D eigenvalue weighted by molar-refractivity contribution is -0.115. The van der Waals surface area contributed by atoms with E-state index in [0.29, 0.717) is 6.42 Å². The molecule has 5 heteroatoms. The largest absolute Gasteiger partial charge is 0.497 e. The number of hydrogen-bond donors (Lipinski definition) is 1. The van der Waals surface area contributed by atoms with Gasteiger partial charge in [-0.05, 0) is 54.1 Å². The Labute approximate surface area is 163 Å². The molecule has 0 aliphatic carbocycles. The van der Waals surface area contributed by atoms with Crippen LogP contribution in [0, 0.1) is 0 Å². The summed E-state index contributed by atoms with van der Waals surface area (Å²) in [6, 6.07) is 23.3. The second-order valence-corrected chi connectivity index (χ2v) is 6.64. The summed E-state index contributed by atoms with van der Waals surface area (Å²) < 4.78 is 7.28. The molecule has 28 heavy (non-hydrogen) atoms. The van der Waals surface area contributed by atoms with Gasteiger partial charge in [0.2, 0.25) is 5.91 Å². The smallest absolute Gasteiger partial charge is 0.228 e. The number of carbonyl (C=O) groups excluding carboxylic acids is 1. The number of anilines is 1. The molecule has 0 fully saturated rings. The zero-order chi connectivity index (χ0) is 19.5. The highest BCUT2D eigenvalue weighted by molar-refractivity contribution is 5.92. The van der Waals surface area contributed by atoms with Gasteiger partial charge in [0, 0.05) is 18.3 Å². The van der Waals surface area contributed by atoms with Gasteiger partial charge in [-0.25, -0.2) is 4.98 Å². The van der Waals surface area contributed by atoms with Crippen LogP contribution in [0.3, 0.4) is 0 Å². The number of rotatable bonds is 5. The van der Waals surface area contributed by atoms with E-state index >= 15 is 0 Å². The van der Waals surface area contributed by atoms with Gasteiger partial charge in [-0.3, -0.25) is 4.79 Å². The van der Waals surface area contributed by atoms with E-state index in [1.54, 1.807) is 7.11 Å². The number of hydrogen-bond acceptors (Lipinski definition) is 3. The number of carbonyl (C=O) groups is 1. The minimum absolute atomic E-state index is 0.0660. The Balaban J connectivity index is 1.48. The van der Waals surface area contributed by atoms with Crippen LogP contribution in [0.2, 0.25) is 0 Å². The molecule has 1 N–H and O–H groups in total. The van der Waals surface area contributed by atoms with Crippen molar-refractivity contribution >= 4 is 22.6 Å². The number of fused-ring (bicyclic) bond motifs is 1. The third kappa shape index (κ3) is 3.60. The molecular weight excluding hydrogens is 350 g/mol. The minimum Gasteiger partial charge on any atom is -0.497 e. The van der Waals surface area contributed by atoms with Gasteiger partial charge in [0.05, 0.1) is 24.6 Å². The van der Waals surface area contributed by atoms with Gasteiger partial charge in [0.1, 0.15) is 11.6 Å². The van der Waals surface area contributed by atoms with Crippen LogP contribution in [0.1, 0.15) is 5.56 Å². The number of imidazole rings is 1. The molecule has 0 aliphatic rings. The zero-order valence-corrected chi connectivity index (χ0v) is 15.8. The first kappa shape index (κ1) is 17.8. The van der Waals surface area contributed by atoms with Crippen molar-refractivity contribution in [3.05, 3.63) is 78.4 Å². The number of para-hydroxylation sites is 2. The van der Waals surface area contributed by atoms with E-state index in [1.165, 1.54) is 0 Å². The topological polar surface area (TPSA) is 56.1 Å². The van der Waals surface area contributed by atoms with Crippen molar-refractivity contribution in [3.63, 3.8) is 0 Å². The standard InChI is InChI=1S/C23H21N3O2/c1-26-21-9-4-3-8-20(21)25-23(26)17-10-12-18(13-11-17)24-22(27)15-16-6-5-7-19(14-16)28-2/h3-14H,15H2,1-2H3,(H,24,27). The quantitative estimate of drug-likeness (QED) is 0.565. The zero-order valence-electron chi connectivity index (χ0n) is 15.8. The molecule has 5 nitrogen and oxygen atoms in total. The fourth-order valence-corrected chi connectivity index (χ4v) is 3.28. The maximum absolute atomic E-state index is 12.3. The lowest BCUT2D eigenvalue weighted by atomic mass is 10.1. The van der Waals surface area contributed by atoms with E-state index in [4.69, 9.17) is 9.72 Å². The molecule has 1 aromatic heterocycles. The molecule has 0 unspecified atom stereocenters. The van der Waals surface area contributed by atoms with Crippen LogP contribution in [-0.4, -0.2) is 22.6 Å². The third-order valence-corrected chi connectivity index (χ3v) is 4.71. The lowest BCUT2D eigenvalue weighted by Crippen LogP contribution is -2.14. The molecule has 4 rings (SSSR count). The van der Waals surface area contributed by atoms with Crippen molar-refractivity contribution in [2.45, 2.75) is 6.42 Å². The molecule has 0 radical (unpaired) electrons. The average Bonchev–Trinajstić information content (AvgIpc) is 3.05. The molecule has 0 bridgehead atoms. The summed E-state index contributed by atoms with van der Waals surface area (Å²) in [5.74, 6) is 1.58. The Morgan fingerprint density at radius 2 is 1.82 bits per heavy atom. The van der Waals surface area contributed by atoms with Crippen LogP contribution < -0.4 is 10.1 Å². The molecule has 3 aromatic carbocycles. The van der Waals surface area contributed by atoms with Crippen molar-refractivity contribution < 1.29 is 9.53 Å². The van der Waals surface area contributed by atoms with Crippen molar-refractivity contribution in [1.82, 2.24) is 9.55 Å². The number of ether oxygens (including phenoxy) is 1. The van der Waals surface area contributed by atoms with E-state index in [-0.39, 0.29) is 5.91 Å². The summed E-state index contributed by atoms with van der Waals surface area (Å²) in [7, 11) is 3.62. The summed E-state index contributed by atoms with van der Waals surface area (Å²) in [6.45, 7) is 0. The van der Waals surface area contributed by atoms with Crippen molar-refractivity contribution in [2.75, 3.05) is 12.4 Å². The first-order valence-corrected chi connectivity index (χ1v) is 9.09. The summed E-state index contributed by atoms with van der Waals surface area (Å²) in [4.78, 5) is 17.0. The monoisotopic (exact) mass is 371 g/mol. The average molecular weight is 371 g/mol. The predicted octanol–water partition coefficient (Wildman–Crippen LogP) is 4.43. The molecule has 0 atom stereocenters. The molecule has 0 aliphatic heterocycles. The SMILES string of the molecule is COc1cccc(CC(=O)Nc2ccc(-c3nc4ccccc4n3C)cc2)c1. The summed E-state index contributed by atoms with van der Waals surface area (Å²) in [6.07, 6.45) is 0.295. The first-order valence-electron chi connectivity index (χ1n) is 9.09. The van der Waals surface area contributed by atoms with Gasteiger partial charge in [0.25, 0.3) is 0 Å². The highest BCUT2D eigenvalue weighted by Gasteiger charge is 2.10. The molecule has 0 saturated carbocycles. The maximum atomic E-state index is 12.3. The summed E-state index contributed by atoms with van der Waals surface area (Å²) >= 11 is 0. The van der Waals surface area contributed by atoms with Gasteiger partial charge in [0.15, 0.2) is 0 Å². The lowest BCUT2D eigenvalue weighted by Gasteiger charge is -2.08. The first-order chi connectivity index (χ1) is 13.6. The minimum atomic E-state index is -0.0660. The molecule has 4 aromatic rings. The van der Waals surface area contributed by atoms with Crippen LogP contribution in [0.25, 0.3) is 22.4 Å². The number of nitrogens with zero attached hydrogens (tertiary/aromatic N) is 2. The van der Waals surface area contributed by atoms with Gasteiger partial charge in [-0.15, -0.1) is 0 Å². The van der Waals surface area contributed by atoms with Crippen molar-refractivity contribution in [1.29, 1.82) is 0 Å². The predicted molar refractivity (Wildman–Crippen MR) is 111 cm³/mol. The Bertz CT molecular complexity index is 1130. The van der Waals surface area contributed by atoms with Crippen molar-refractivity contribution in [2.24, 2.45) is 7.05 Å². The summed E-state index contributed by atoms with van der Waals surface area (Å²) in [5, 5.41) is 2.94. The molecule has 0 spiro atoms. The van der Waals surface area contributed by atoms with E-state index < -0.39 is 0 Å². The van der Waals surface area contributed by atoms with Gasteiger partial charge in [-0.1, -0.05) is 24.3 Å². The second kappa shape index (κ2) is 7.56. The Hall–Kier alpha value is -3.60. The van der Waals surface area contributed by atoms with E-state index in [0.717, 1.165) is 39.4 Å². The summed E-state index contributed by atoms with van der Waals surface area (Å²) in [5.41, 5.74) is 4.73. The van der Waals surface area contributed by atoms with Gasteiger partial charge < -0.3 is 14.6 Å². The van der Waals surface area contributed by atoms with Crippen LogP contribution in [0.15, 0.2) is 72.8 Å². The number of benzene rings is 3.